The number of phosphoric acid groups is 2. The van der Waals surface area contributed by atoms with Gasteiger partial charge in [-0.2, -0.15) is 4.31 Å². The third kappa shape index (κ3) is 5.89. The second kappa shape index (κ2) is 11.0. The van der Waals surface area contributed by atoms with E-state index in [-0.39, 0.29) is 17.0 Å². The van der Waals surface area contributed by atoms with Gasteiger partial charge in [-0.3, -0.25) is 13.6 Å². The Morgan fingerprint density at radius 3 is 2.29 bits per heavy atom. The van der Waals surface area contributed by atoms with Gasteiger partial charge in [0.05, 0.1) is 19.5 Å². The Bertz CT molecular complexity index is 1230. The molecule has 2 unspecified atom stereocenters. The third-order valence-electron chi connectivity index (χ3n) is 5.69. The van der Waals surface area contributed by atoms with Gasteiger partial charge in [0.15, 0.2) is 24.0 Å². The van der Waals surface area contributed by atoms with Crippen molar-refractivity contribution in [1.29, 1.82) is 0 Å². The molecular weight excluding hydrogens is 564 g/mol. The Hall–Kier alpha value is -1.71. The summed E-state index contributed by atoms with van der Waals surface area (Å²) < 4.78 is 49.3. The minimum atomic E-state index is -5.56. The molecule has 0 aliphatic carbocycles. The normalized spacial score (nSPS) is 37.2. The highest BCUT2D eigenvalue weighted by Gasteiger charge is 2.49. The zero-order chi connectivity index (χ0) is 28.0. The molecule has 4 rings (SSSR count). The van der Waals surface area contributed by atoms with Crippen LogP contribution in [0.1, 0.15) is 6.23 Å². The predicted octanol–water partition coefficient (Wildman–Crippen LogP) is -3.92. The Morgan fingerprint density at radius 1 is 0.921 bits per heavy atom. The number of ether oxygens (including phenoxy) is 2. The second-order valence-electron chi connectivity index (χ2n) is 8.25. The summed E-state index contributed by atoms with van der Waals surface area (Å²) in [6, 6.07) is 0. The lowest BCUT2D eigenvalue weighted by molar-refractivity contribution is -0.280. The molecule has 2 aromatic rings. The summed E-state index contributed by atoms with van der Waals surface area (Å²) in [7, 11) is -11.0. The van der Waals surface area contributed by atoms with Gasteiger partial charge in [-0.15, -0.1) is 0 Å². The van der Waals surface area contributed by atoms with Gasteiger partial charge in [0, 0.05) is 0 Å². The van der Waals surface area contributed by atoms with Gasteiger partial charge in [-0.1, -0.05) is 0 Å². The van der Waals surface area contributed by atoms with E-state index in [1.54, 1.807) is 0 Å². The van der Waals surface area contributed by atoms with Crippen LogP contribution in [0, 0.1) is 0 Å². The lowest BCUT2D eigenvalue weighted by atomic mass is 10.00. The minimum Gasteiger partial charge on any atom is -0.394 e. The summed E-state index contributed by atoms with van der Waals surface area (Å²) in [6.45, 7) is -1.82. The summed E-state index contributed by atoms with van der Waals surface area (Å²) in [5.41, 5.74) is 6.05. The maximum atomic E-state index is 12.3. The summed E-state index contributed by atoms with van der Waals surface area (Å²) in [4.78, 5) is 31.5. The molecule has 214 valence electrons. The summed E-state index contributed by atoms with van der Waals surface area (Å²) >= 11 is 0. The molecular formula is C16H25N5O15P2. The zero-order valence-corrected chi connectivity index (χ0v) is 20.7. The first-order valence-corrected chi connectivity index (χ1v) is 13.7. The van der Waals surface area contributed by atoms with Gasteiger partial charge < -0.3 is 55.6 Å². The first-order chi connectivity index (χ1) is 17.7. The fraction of sp³-hybridized carbons (Fsp3) is 0.688. The van der Waals surface area contributed by atoms with Crippen molar-refractivity contribution in [2.45, 2.75) is 55.2 Å². The lowest BCUT2D eigenvalue weighted by Crippen LogP contribution is -2.58. The fourth-order valence-electron chi connectivity index (χ4n) is 3.78. The van der Waals surface area contributed by atoms with Crippen molar-refractivity contribution >= 4 is 32.6 Å². The smallest absolute Gasteiger partial charge is 0.394 e. The number of aromatic nitrogens is 4. The van der Waals surface area contributed by atoms with Crippen molar-refractivity contribution in [2.24, 2.45) is 0 Å². The molecule has 0 amide bonds. The molecule has 0 saturated carbocycles. The molecule has 0 spiro atoms. The summed E-state index contributed by atoms with van der Waals surface area (Å²) in [6.07, 6.45) is -13.3. The number of aliphatic hydroxyl groups is 6. The second-order valence-corrected chi connectivity index (χ2v) is 11.2. The van der Waals surface area contributed by atoms with E-state index in [2.05, 4.69) is 28.3 Å². The van der Waals surface area contributed by atoms with E-state index in [1.807, 2.05) is 0 Å². The van der Waals surface area contributed by atoms with Crippen molar-refractivity contribution in [1.82, 2.24) is 19.5 Å². The molecule has 2 saturated heterocycles. The molecule has 2 aliphatic rings. The quantitative estimate of drug-likeness (QED) is 0.126. The van der Waals surface area contributed by atoms with Gasteiger partial charge in [0.2, 0.25) is 0 Å². The number of rotatable bonds is 9. The van der Waals surface area contributed by atoms with Gasteiger partial charge in [-0.05, 0) is 0 Å². The first kappa shape index (κ1) is 29.3. The standard InChI is InChI=1S/C16H25N5O15P2/c17-13-7-14(19-3-18-13)21(4-20-7)15-11(26)9(24)6(33-15)2-32-37(28,29)36-38(30,31)35-16-12(27)10(25)8(23)5(1-22)34-16/h3-6,8-12,15-16,22-27H,1-2H2,(H,28,29)(H,30,31)(H2,17,18,19)/t5-,6-,8-,9-,10+,11-,12-,15-,16-/m1/s1. The average molecular weight is 589 g/mol. The highest BCUT2D eigenvalue weighted by Crippen LogP contribution is 2.61. The number of fused-ring (bicyclic) bond motifs is 1. The van der Waals surface area contributed by atoms with Crippen molar-refractivity contribution in [3.05, 3.63) is 12.7 Å². The van der Waals surface area contributed by atoms with Crippen molar-refractivity contribution in [2.75, 3.05) is 18.9 Å². The molecule has 2 fully saturated rings. The largest absolute Gasteiger partial charge is 0.483 e. The van der Waals surface area contributed by atoms with Crippen LogP contribution in [0.2, 0.25) is 0 Å². The Labute approximate surface area is 212 Å². The molecule has 11 atom stereocenters. The van der Waals surface area contributed by atoms with E-state index in [9.17, 15) is 44.4 Å². The van der Waals surface area contributed by atoms with Crippen molar-refractivity contribution in [3.63, 3.8) is 0 Å². The van der Waals surface area contributed by atoms with E-state index in [1.165, 1.54) is 10.9 Å². The van der Waals surface area contributed by atoms with Gasteiger partial charge >= 0.3 is 15.6 Å². The highest BCUT2D eigenvalue weighted by atomic mass is 31.3. The number of nitrogens with two attached hydrogens (primary N) is 1. The number of phosphoric ester groups is 2. The van der Waals surface area contributed by atoms with Crippen LogP contribution in [0.4, 0.5) is 5.82 Å². The number of aliphatic hydroxyl groups excluding tert-OH is 6. The van der Waals surface area contributed by atoms with Crippen LogP contribution in [0.15, 0.2) is 12.7 Å². The summed E-state index contributed by atoms with van der Waals surface area (Å²) in [5.74, 6) is 0.0411. The van der Waals surface area contributed by atoms with Crippen LogP contribution < -0.4 is 5.73 Å². The van der Waals surface area contributed by atoms with Gasteiger partial charge in [0.25, 0.3) is 0 Å². The van der Waals surface area contributed by atoms with E-state index in [4.69, 9.17) is 20.3 Å². The molecule has 10 N–H and O–H groups in total. The molecule has 2 aromatic heterocycles. The SMILES string of the molecule is Nc1ncnc2c1ncn2[C@@H]1O[C@H](COP(=O)(O)OP(=O)(O)O[C@H]2O[C@H](CO)[C@@H](O)[C@H](O)[C@H]2O)[C@@H](O)[C@H]1O. The molecule has 0 radical (unpaired) electrons. The van der Waals surface area contributed by atoms with E-state index in [0.29, 0.717) is 0 Å². The van der Waals surface area contributed by atoms with Crippen LogP contribution in [0.3, 0.4) is 0 Å². The number of hydrogen-bond donors (Lipinski definition) is 9. The van der Waals surface area contributed by atoms with Gasteiger partial charge in [-0.25, -0.2) is 24.1 Å². The Kier molecular flexibility index (Phi) is 8.51. The van der Waals surface area contributed by atoms with Crippen LogP contribution >= 0.6 is 15.6 Å². The van der Waals surface area contributed by atoms with E-state index >= 15 is 0 Å². The number of nitrogen functional groups attached to an aromatic ring is 1. The number of nitrogens with zero attached hydrogens (tertiary/aromatic N) is 4. The molecule has 0 aromatic carbocycles. The minimum absolute atomic E-state index is 0.0411. The number of imidazole rings is 1. The average Bonchev–Trinajstić information content (AvgIpc) is 3.39. The van der Waals surface area contributed by atoms with Crippen LogP contribution in [-0.4, -0.2) is 122 Å². The van der Waals surface area contributed by atoms with Gasteiger partial charge in [0.1, 0.15) is 54.6 Å². The monoisotopic (exact) mass is 589 g/mol. The molecule has 4 heterocycles. The molecule has 20 nitrogen and oxygen atoms in total. The molecule has 2 aliphatic heterocycles. The number of anilines is 1. The first-order valence-electron chi connectivity index (χ1n) is 10.7. The summed E-state index contributed by atoms with van der Waals surface area (Å²) in [5, 5.41) is 59.2. The molecule has 38 heavy (non-hydrogen) atoms. The van der Waals surface area contributed by atoms with Crippen LogP contribution in [0.25, 0.3) is 11.2 Å². The zero-order valence-electron chi connectivity index (χ0n) is 19.0. The number of hydrogen-bond acceptors (Lipinski definition) is 17. The lowest BCUT2D eigenvalue weighted by Gasteiger charge is -2.39. The van der Waals surface area contributed by atoms with Crippen molar-refractivity contribution < 1.29 is 72.4 Å². The molecule has 0 bridgehead atoms. The third-order valence-corrected chi connectivity index (χ3v) is 8.29. The van der Waals surface area contributed by atoms with Crippen LogP contribution in [-0.2, 0) is 32.0 Å². The predicted molar refractivity (Wildman–Crippen MR) is 117 cm³/mol. The Balaban J connectivity index is 1.38. The van der Waals surface area contributed by atoms with E-state index < -0.39 is 84.1 Å². The maximum absolute atomic E-state index is 12.3. The fourth-order valence-corrected chi connectivity index (χ4v) is 5.94. The highest BCUT2D eigenvalue weighted by molar-refractivity contribution is 7.61. The van der Waals surface area contributed by atoms with Crippen molar-refractivity contribution in [3.8, 4) is 0 Å². The maximum Gasteiger partial charge on any atom is 0.483 e. The van der Waals surface area contributed by atoms with E-state index in [0.717, 1.165) is 6.33 Å². The Morgan fingerprint density at radius 2 is 1.61 bits per heavy atom. The molecule has 22 heteroatoms. The topological polar surface area (TPSA) is 312 Å². The van der Waals surface area contributed by atoms with Crippen LogP contribution in [0.5, 0.6) is 0 Å².